The second-order valence-electron chi connectivity index (χ2n) is 5.23. The summed E-state index contributed by atoms with van der Waals surface area (Å²) >= 11 is 6.02. The van der Waals surface area contributed by atoms with Gasteiger partial charge in [0, 0.05) is 6.04 Å². The topological polar surface area (TPSA) is 29.1 Å². The minimum absolute atomic E-state index is 0.0202. The van der Waals surface area contributed by atoms with E-state index in [-0.39, 0.29) is 5.91 Å². The standard InChI is InChI=1S/C14H16ClNO/c15-12-4-2-1-3-11(12)14(17)16-13-8-9-5-6-10(13)7-9/h1-4,9-10,13H,5-8H2,(H,16,17)/t9-,10-,13+/m0/s1. The first-order valence-electron chi connectivity index (χ1n) is 6.29. The van der Waals surface area contributed by atoms with Crippen LogP contribution >= 0.6 is 11.6 Å². The third-order valence-electron chi connectivity index (χ3n) is 4.17. The number of hydrogen-bond donors (Lipinski definition) is 1. The van der Waals surface area contributed by atoms with E-state index in [9.17, 15) is 4.79 Å². The fraction of sp³-hybridized carbons (Fsp3) is 0.500. The van der Waals surface area contributed by atoms with Crippen LogP contribution in [0.3, 0.4) is 0 Å². The number of benzene rings is 1. The predicted molar refractivity (Wildman–Crippen MR) is 68.2 cm³/mol. The van der Waals surface area contributed by atoms with Crippen LogP contribution in [0, 0.1) is 11.8 Å². The Kier molecular flexibility index (Phi) is 2.83. The van der Waals surface area contributed by atoms with Gasteiger partial charge in [-0.05, 0) is 43.2 Å². The van der Waals surface area contributed by atoms with Gasteiger partial charge < -0.3 is 5.32 Å². The van der Waals surface area contributed by atoms with Crippen LogP contribution < -0.4 is 5.32 Å². The normalized spacial score (nSPS) is 30.5. The number of rotatable bonds is 2. The predicted octanol–water partition coefficient (Wildman–Crippen LogP) is 3.26. The molecule has 2 saturated carbocycles. The van der Waals surface area contributed by atoms with Crippen molar-refractivity contribution in [3.05, 3.63) is 34.9 Å². The average molecular weight is 250 g/mol. The minimum atomic E-state index is -0.0202. The number of halogens is 1. The lowest BCUT2D eigenvalue weighted by atomic mass is 9.95. The Bertz CT molecular complexity index is 446. The van der Waals surface area contributed by atoms with E-state index in [0.29, 0.717) is 22.5 Å². The van der Waals surface area contributed by atoms with Gasteiger partial charge in [0.25, 0.3) is 5.91 Å². The van der Waals surface area contributed by atoms with E-state index >= 15 is 0 Å². The number of nitrogens with one attached hydrogen (secondary N) is 1. The largest absolute Gasteiger partial charge is 0.349 e. The molecule has 3 rings (SSSR count). The van der Waals surface area contributed by atoms with Gasteiger partial charge >= 0.3 is 0 Å². The van der Waals surface area contributed by atoms with Crippen LogP contribution in [0.15, 0.2) is 24.3 Å². The van der Waals surface area contributed by atoms with Crippen LogP contribution in [0.25, 0.3) is 0 Å². The zero-order valence-electron chi connectivity index (χ0n) is 9.66. The summed E-state index contributed by atoms with van der Waals surface area (Å²) in [6.45, 7) is 0. The van der Waals surface area contributed by atoms with Gasteiger partial charge in [0.1, 0.15) is 0 Å². The van der Waals surface area contributed by atoms with Gasteiger partial charge in [0.05, 0.1) is 10.6 Å². The van der Waals surface area contributed by atoms with Crippen molar-refractivity contribution in [2.75, 3.05) is 0 Å². The fourth-order valence-electron chi connectivity index (χ4n) is 3.31. The van der Waals surface area contributed by atoms with Gasteiger partial charge in [-0.1, -0.05) is 30.2 Å². The second kappa shape index (κ2) is 4.34. The summed E-state index contributed by atoms with van der Waals surface area (Å²) in [6.07, 6.45) is 5.08. The third-order valence-corrected chi connectivity index (χ3v) is 4.50. The van der Waals surface area contributed by atoms with E-state index < -0.39 is 0 Å². The molecule has 0 radical (unpaired) electrons. The van der Waals surface area contributed by atoms with Crippen molar-refractivity contribution >= 4 is 17.5 Å². The van der Waals surface area contributed by atoms with Crippen molar-refractivity contribution in [3.8, 4) is 0 Å². The number of fused-ring (bicyclic) bond motifs is 2. The van der Waals surface area contributed by atoms with E-state index in [1.807, 2.05) is 12.1 Å². The van der Waals surface area contributed by atoms with E-state index in [4.69, 9.17) is 11.6 Å². The number of carbonyl (C=O) groups excluding carboxylic acids is 1. The lowest BCUT2D eigenvalue weighted by Crippen LogP contribution is -2.38. The highest BCUT2D eigenvalue weighted by atomic mass is 35.5. The van der Waals surface area contributed by atoms with Crippen molar-refractivity contribution in [2.45, 2.75) is 31.7 Å². The first kappa shape index (κ1) is 11.1. The molecule has 1 aromatic rings. The molecule has 2 fully saturated rings. The summed E-state index contributed by atoms with van der Waals surface area (Å²) in [7, 11) is 0. The van der Waals surface area contributed by atoms with Crippen LogP contribution in [0.2, 0.25) is 5.02 Å². The monoisotopic (exact) mass is 249 g/mol. The molecule has 2 aliphatic carbocycles. The highest BCUT2D eigenvalue weighted by Crippen LogP contribution is 2.44. The van der Waals surface area contributed by atoms with E-state index in [2.05, 4.69) is 5.32 Å². The van der Waals surface area contributed by atoms with Gasteiger partial charge in [0.15, 0.2) is 0 Å². The highest BCUT2D eigenvalue weighted by molar-refractivity contribution is 6.33. The summed E-state index contributed by atoms with van der Waals surface area (Å²) in [5, 5.41) is 3.68. The Hall–Kier alpha value is -1.02. The van der Waals surface area contributed by atoms with E-state index in [1.54, 1.807) is 12.1 Å². The molecule has 0 saturated heterocycles. The number of hydrogen-bond acceptors (Lipinski definition) is 1. The maximum atomic E-state index is 12.1. The smallest absolute Gasteiger partial charge is 0.253 e. The quantitative estimate of drug-likeness (QED) is 0.857. The maximum absolute atomic E-state index is 12.1. The molecule has 2 nitrogen and oxygen atoms in total. The van der Waals surface area contributed by atoms with Crippen LogP contribution in [0.4, 0.5) is 0 Å². The molecule has 90 valence electrons. The van der Waals surface area contributed by atoms with Gasteiger partial charge in [0.2, 0.25) is 0 Å². The minimum Gasteiger partial charge on any atom is -0.349 e. The summed E-state index contributed by atoms with van der Waals surface area (Å²) in [5.74, 6) is 1.52. The lowest BCUT2D eigenvalue weighted by molar-refractivity contribution is 0.0923. The van der Waals surface area contributed by atoms with E-state index in [0.717, 1.165) is 12.3 Å². The molecule has 0 heterocycles. The lowest BCUT2D eigenvalue weighted by Gasteiger charge is -2.23. The molecule has 1 N–H and O–H groups in total. The summed E-state index contributed by atoms with van der Waals surface area (Å²) in [4.78, 5) is 12.1. The van der Waals surface area contributed by atoms with Crippen molar-refractivity contribution in [1.82, 2.24) is 5.32 Å². The molecule has 0 unspecified atom stereocenters. The maximum Gasteiger partial charge on any atom is 0.253 e. The van der Waals surface area contributed by atoms with Crippen molar-refractivity contribution in [3.63, 3.8) is 0 Å². The Morgan fingerprint density at radius 1 is 1.24 bits per heavy atom. The molecule has 17 heavy (non-hydrogen) atoms. The second-order valence-corrected chi connectivity index (χ2v) is 5.64. The van der Waals surface area contributed by atoms with Crippen molar-refractivity contribution < 1.29 is 4.79 Å². The van der Waals surface area contributed by atoms with Gasteiger partial charge in [-0.2, -0.15) is 0 Å². The zero-order chi connectivity index (χ0) is 11.8. The first-order valence-corrected chi connectivity index (χ1v) is 6.67. The number of carbonyl (C=O) groups is 1. The molecule has 2 aliphatic rings. The van der Waals surface area contributed by atoms with E-state index in [1.165, 1.54) is 19.3 Å². The summed E-state index contributed by atoms with van der Waals surface area (Å²) in [5.41, 5.74) is 0.594. The van der Waals surface area contributed by atoms with Gasteiger partial charge in [-0.3, -0.25) is 4.79 Å². The SMILES string of the molecule is O=C(N[C@@H]1C[C@H]2CC[C@H]1C2)c1ccccc1Cl. The van der Waals surface area contributed by atoms with Crippen LogP contribution in [-0.4, -0.2) is 11.9 Å². The third kappa shape index (κ3) is 2.06. The molecule has 1 aromatic carbocycles. The Morgan fingerprint density at radius 2 is 2.06 bits per heavy atom. The summed E-state index contributed by atoms with van der Waals surface area (Å²) < 4.78 is 0. The number of amides is 1. The van der Waals surface area contributed by atoms with Crippen molar-refractivity contribution in [1.29, 1.82) is 0 Å². The Morgan fingerprint density at radius 3 is 2.71 bits per heavy atom. The Balaban J connectivity index is 1.70. The first-order chi connectivity index (χ1) is 8.24. The molecule has 2 bridgehead atoms. The summed E-state index contributed by atoms with van der Waals surface area (Å²) in [6, 6.07) is 7.61. The molecular formula is C14H16ClNO. The molecule has 0 aromatic heterocycles. The molecule has 1 amide bonds. The van der Waals surface area contributed by atoms with Crippen LogP contribution in [0.1, 0.15) is 36.0 Å². The molecular weight excluding hydrogens is 234 g/mol. The highest BCUT2D eigenvalue weighted by Gasteiger charge is 2.40. The zero-order valence-corrected chi connectivity index (χ0v) is 10.4. The molecule has 0 spiro atoms. The van der Waals surface area contributed by atoms with Gasteiger partial charge in [-0.15, -0.1) is 0 Å². The molecule has 0 aliphatic heterocycles. The average Bonchev–Trinajstić information content (AvgIpc) is 2.91. The van der Waals surface area contributed by atoms with Crippen LogP contribution in [0.5, 0.6) is 0 Å². The fourth-order valence-corrected chi connectivity index (χ4v) is 3.53. The van der Waals surface area contributed by atoms with Gasteiger partial charge in [-0.25, -0.2) is 0 Å². The van der Waals surface area contributed by atoms with Crippen LogP contribution in [-0.2, 0) is 0 Å². The molecule has 3 atom stereocenters. The molecule has 3 heteroatoms. The Labute approximate surface area is 106 Å². The van der Waals surface area contributed by atoms with Crippen molar-refractivity contribution in [2.24, 2.45) is 11.8 Å².